The monoisotopic (exact) mass is 236 g/mol. The van der Waals surface area contributed by atoms with E-state index in [4.69, 9.17) is 9.47 Å². The highest BCUT2D eigenvalue weighted by Crippen LogP contribution is 2.34. The molecule has 0 radical (unpaired) electrons. The molecule has 0 spiro atoms. The highest BCUT2D eigenvalue weighted by atomic mass is 16.7. The lowest BCUT2D eigenvalue weighted by molar-refractivity contribution is 0.0509. The van der Waals surface area contributed by atoms with Crippen LogP contribution in [-0.4, -0.2) is 25.1 Å². The summed E-state index contributed by atoms with van der Waals surface area (Å²) in [6.07, 6.45) is 4.10. The normalized spacial score (nSPS) is 24.6. The molecule has 1 fully saturated rings. The number of methoxy groups -OCH3 is 1. The molecular formula is C14H20O3. The molecule has 1 aromatic rings. The van der Waals surface area contributed by atoms with E-state index in [1.54, 1.807) is 7.11 Å². The highest BCUT2D eigenvalue weighted by Gasteiger charge is 2.24. The molecule has 3 nitrogen and oxygen atoms in total. The van der Waals surface area contributed by atoms with E-state index in [1.807, 2.05) is 18.2 Å². The van der Waals surface area contributed by atoms with Crippen molar-refractivity contribution in [1.29, 1.82) is 0 Å². The van der Waals surface area contributed by atoms with Crippen molar-refractivity contribution in [2.45, 2.75) is 37.7 Å². The van der Waals surface area contributed by atoms with Crippen molar-refractivity contribution in [3.05, 3.63) is 29.8 Å². The summed E-state index contributed by atoms with van der Waals surface area (Å²) in [6, 6.07) is 7.97. The summed E-state index contributed by atoms with van der Waals surface area (Å²) < 4.78 is 10.3. The van der Waals surface area contributed by atoms with Crippen LogP contribution in [0.15, 0.2) is 24.3 Å². The van der Waals surface area contributed by atoms with Crippen LogP contribution in [0.4, 0.5) is 0 Å². The molecule has 17 heavy (non-hydrogen) atoms. The maximum absolute atomic E-state index is 10.0. The van der Waals surface area contributed by atoms with Crippen molar-refractivity contribution in [2.24, 2.45) is 0 Å². The van der Waals surface area contributed by atoms with Crippen LogP contribution in [-0.2, 0) is 4.74 Å². The van der Waals surface area contributed by atoms with Gasteiger partial charge in [0, 0.05) is 13.0 Å². The van der Waals surface area contributed by atoms with Crippen molar-refractivity contribution >= 4 is 0 Å². The molecule has 0 heterocycles. The summed E-state index contributed by atoms with van der Waals surface area (Å²) in [5.41, 5.74) is 1.17. The second-order valence-corrected chi connectivity index (χ2v) is 4.58. The first-order valence-electron chi connectivity index (χ1n) is 6.21. The van der Waals surface area contributed by atoms with E-state index in [9.17, 15) is 5.11 Å². The fraction of sp³-hybridized carbons (Fsp3) is 0.571. The maximum Gasteiger partial charge on any atom is 0.188 e. The SMILES string of the molecule is COCOc1cccc([C@@H]2CCCC[C@H]2O)c1. The quantitative estimate of drug-likeness (QED) is 0.817. The standard InChI is InChI=1S/C14H20O3/c1-16-10-17-12-6-4-5-11(9-12)13-7-2-3-8-14(13)15/h4-6,9,13-15H,2-3,7-8,10H2,1H3/t13-,14+/m0/s1. The topological polar surface area (TPSA) is 38.7 Å². The van der Waals surface area contributed by atoms with Gasteiger partial charge in [-0.25, -0.2) is 0 Å². The average molecular weight is 236 g/mol. The number of benzene rings is 1. The molecule has 1 aromatic carbocycles. The molecule has 0 aromatic heterocycles. The number of rotatable bonds is 4. The van der Waals surface area contributed by atoms with Gasteiger partial charge in [0.25, 0.3) is 0 Å². The van der Waals surface area contributed by atoms with E-state index in [-0.39, 0.29) is 18.8 Å². The van der Waals surface area contributed by atoms with E-state index >= 15 is 0 Å². The van der Waals surface area contributed by atoms with Gasteiger partial charge in [-0.05, 0) is 30.5 Å². The lowest BCUT2D eigenvalue weighted by Gasteiger charge is -2.28. The number of aliphatic hydroxyl groups excluding tert-OH is 1. The maximum atomic E-state index is 10.0. The first kappa shape index (κ1) is 12.4. The van der Waals surface area contributed by atoms with Gasteiger partial charge in [-0.3, -0.25) is 0 Å². The fourth-order valence-corrected chi connectivity index (χ4v) is 2.46. The molecule has 0 saturated heterocycles. The summed E-state index contributed by atoms with van der Waals surface area (Å²) in [5.74, 6) is 1.07. The smallest absolute Gasteiger partial charge is 0.188 e. The number of hydrogen-bond acceptors (Lipinski definition) is 3. The Labute approximate surface area is 102 Å². The molecule has 1 N–H and O–H groups in total. The minimum atomic E-state index is -0.207. The van der Waals surface area contributed by atoms with Gasteiger partial charge in [-0.1, -0.05) is 25.0 Å². The molecule has 1 saturated carbocycles. The zero-order chi connectivity index (χ0) is 12.1. The minimum Gasteiger partial charge on any atom is -0.468 e. The van der Waals surface area contributed by atoms with Gasteiger partial charge in [0.1, 0.15) is 5.75 Å². The Balaban J connectivity index is 2.08. The molecule has 3 heteroatoms. The van der Waals surface area contributed by atoms with Gasteiger partial charge in [0.15, 0.2) is 6.79 Å². The molecule has 0 amide bonds. The van der Waals surface area contributed by atoms with Crippen LogP contribution in [0.3, 0.4) is 0 Å². The highest BCUT2D eigenvalue weighted by molar-refractivity contribution is 5.31. The number of ether oxygens (including phenoxy) is 2. The Bertz CT molecular complexity index is 351. The Morgan fingerprint density at radius 2 is 2.12 bits per heavy atom. The van der Waals surface area contributed by atoms with Crippen molar-refractivity contribution < 1.29 is 14.6 Å². The largest absolute Gasteiger partial charge is 0.468 e. The molecule has 0 unspecified atom stereocenters. The summed E-state index contributed by atoms with van der Waals surface area (Å²) in [7, 11) is 1.61. The van der Waals surface area contributed by atoms with Gasteiger partial charge in [0.2, 0.25) is 0 Å². The van der Waals surface area contributed by atoms with Gasteiger partial charge in [-0.15, -0.1) is 0 Å². The van der Waals surface area contributed by atoms with E-state index in [1.165, 1.54) is 12.0 Å². The van der Waals surface area contributed by atoms with Gasteiger partial charge in [0.05, 0.1) is 6.10 Å². The predicted octanol–water partition coefficient (Wildman–Crippen LogP) is 2.69. The van der Waals surface area contributed by atoms with Gasteiger partial charge < -0.3 is 14.6 Å². The molecule has 0 bridgehead atoms. The number of aliphatic hydroxyl groups is 1. The van der Waals surface area contributed by atoms with Crippen LogP contribution in [0.25, 0.3) is 0 Å². The van der Waals surface area contributed by atoms with E-state index in [0.717, 1.165) is 25.0 Å². The Morgan fingerprint density at radius 3 is 2.88 bits per heavy atom. The second kappa shape index (κ2) is 6.03. The van der Waals surface area contributed by atoms with E-state index in [2.05, 4.69) is 6.07 Å². The predicted molar refractivity (Wildman–Crippen MR) is 66.2 cm³/mol. The molecule has 0 aliphatic heterocycles. The molecule has 2 atom stereocenters. The van der Waals surface area contributed by atoms with E-state index < -0.39 is 0 Å². The van der Waals surface area contributed by atoms with Crippen LogP contribution >= 0.6 is 0 Å². The van der Waals surface area contributed by atoms with Crippen LogP contribution in [0, 0.1) is 0 Å². The Kier molecular flexibility index (Phi) is 4.40. The zero-order valence-corrected chi connectivity index (χ0v) is 10.3. The first-order valence-corrected chi connectivity index (χ1v) is 6.21. The minimum absolute atomic E-state index is 0.207. The first-order chi connectivity index (χ1) is 8.31. The van der Waals surface area contributed by atoms with Crippen LogP contribution in [0.1, 0.15) is 37.2 Å². The lowest BCUT2D eigenvalue weighted by Crippen LogP contribution is -2.22. The second-order valence-electron chi connectivity index (χ2n) is 4.58. The van der Waals surface area contributed by atoms with Gasteiger partial charge in [-0.2, -0.15) is 0 Å². The summed E-state index contributed by atoms with van der Waals surface area (Å²) in [6.45, 7) is 0.261. The van der Waals surface area contributed by atoms with Crippen molar-refractivity contribution in [3.8, 4) is 5.75 Å². The molecule has 1 aliphatic rings. The zero-order valence-electron chi connectivity index (χ0n) is 10.3. The van der Waals surface area contributed by atoms with E-state index in [0.29, 0.717) is 0 Å². The Hall–Kier alpha value is -1.06. The average Bonchev–Trinajstić information content (AvgIpc) is 2.37. The molecule has 1 aliphatic carbocycles. The third-order valence-corrected chi connectivity index (χ3v) is 3.36. The molecule has 94 valence electrons. The summed E-state index contributed by atoms with van der Waals surface area (Å²) in [5, 5.41) is 10.0. The van der Waals surface area contributed by atoms with Crippen molar-refractivity contribution in [1.82, 2.24) is 0 Å². The van der Waals surface area contributed by atoms with Gasteiger partial charge >= 0.3 is 0 Å². The third kappa shape index (κ3) is 3.20. The summed E-state index contributed by atoms with van der Waals surface area (Å²) >= 11 is 0. The molecule has 2 rings (SSSR count). The van der Waals surface area contributed by atoms with Crippen molar-refractivity contribution in [2.75, 3.05) is 13.9 Å². The lowest BCUT2D eigenvalue weighted by atomic mass is 9.82. The number of hydrogen-bond donors (Lipinski definition) is 1. The summed E-state index contributed by atoms with van der Waals surface area (Å²) in [4.78, 5) is 0. The van der Waals surface area contributed by atoms with Crippen molar-refractivity contribution in [3.63, 3.8) is 0 Å². The molecular weight excluding hydrogens is 216 g/mol. The van der Waals surface area contributed by atoms with Crippen LogP contribution in [0.5, 0.6) is 5.75 Å². The van der Waals surface area contributed by atoms with Crippen LogP contribution in [0.2, 0.25) is 0 Å². The third-order valence-electron chi connectivity index (χ3n) is 3.36. The van der Waals surface area contributed by atoms with Crippen LogP contribution < -0.4 is 4.74 Å². The fourth-order valence-electron chi connectivity index (χ4n) is 2.46. The Morgan fingerprint density at radius 1 is 1.29 bits per heavy atom.